The number of hydrogen-bond donors (Lipinski definition) is 1. The monoisotopic (exact) mass is 514 g/mol. The summed E-state index contributed by atoms with van der Waals surface area (Å²) in [7, 11) is 0. The van der Waals surface area contributed by atoms with Gasteiger partial charge in [0.15, 0.2) is 0 Å². The van der Waals surface area contributed by atoms with Gasteiger partial charge in [-0.2, -0.15) is 0 Å². The van der Waals surface area contributed by atoms with Gasteiger partial charge < -0.3 is 19.0 Å². The third-order valence-corrected chi connectivity index (χ3v) is 7.01. The van der Waals surface area contributed by atoms with Crippen LogP contribution in [0.1, 0.15) is 85.0 Å². The first kappa shape index (κ1) is 25.5. The number of aromatic hydroxyl groups is 1. The van der Waals surface area contributed by atoms with Crippen molar-refractivity contribution in [3.8, 4) is 22.8 Å². The number of allylic oxidation sites excluding steroid dienone is 1. The van der Waals surface area contributed by atoms with Crippen LogP contribution < -0.4 is 4.74 Å². The summed E-state index contributed by atoms with van der Waals surface area (Å²) >= 11 is 0. The molecule has 0 bridgehead atoms. The molecule has 2 aromatic carbocycles. The van der Waals surface area contributed by atoms with Crippen molar-refractivity contribution in [2.75, 3.05) is 0 Å². The molecule has 2 aliphatic heterocycles. The van der Waals surface area contributed by atoms with Crippen LogP contribution in [0, 0.1) is 0 Å². The average Bonchev–Trinajstić information content (AvgIpc) is 3.38. The van der Waals surface area contributed by atoms with Crippen LogP contribution in [-0.4, -0.2) is 28.9 Å². The molecule has 0 saturated heterocycles. The number of esters is 2. The van der Waals surface area contributed by atoms with Crippen molar-refractivity contribution >= 4 is 23.8 Å². The number of Topliss-reactive ketones (excluding diaryl/α,β-unsaturated/α-hetero) is 1. The predicted molar refractivity (Wildman–Crippen MR) is 141 cm³/mol. The van der Waals surface area contributed by atoms with E-state index in [1.54, 1.807) is 25.1 Å². The van der Waals surface area contributed by atoms with Gasteiger partial charge in [0.05, 0.1) is 18.4 Å². The molecule has 1 aromatic heterocycles. The number of ketones is 1. The molecule has 0 amide bonds. The summed E-state index contributed by atoms with van der Waals surface area (Å²) < 4.78 is 17.3. The van der Waals surface area contributed by atoms with Gasteiger partial charge in [0, 0.05) is 24.0 Å². The number of phenols is 1. The first-order valence-corrected chi connectivity index (χ1v) is 13.1. The second kappa shape index (κ2) is 11.1. The molecule has 2 atom stereocenters. The fourth-order valence-electron chi connectivity index (χ4n) is 5.06. The van der Waals surface area contributed by atoms with Crippen LogP contribution in [0.3, 0.4) is 0 Å². The molecule has 196 valence electrons. The van der Waals surface area contributed by atoms with Crippen molar-refractivity contribution in [2.24, 2.45) is 0 Å². The quantitative estimate of drug-likeness (QED) is 0.304. The molecule has 38 heavy (non-hydrogen) atoms. The van der Waals surface area contributed by atoms with Crippen LogP contribution >= 0.6 is 0 Å². The molecule has 2 aliphatic rings. The topological polar surface area (TPSA) is 103 Å². The van der Waals surface area contributed by atoms with E-state index in [1.165, 1.54) is 0 Å². The third-order valence-electron chi connectivity index (χ3n) is 7.01. The maximum atomic E-state index is 13.3. The molecule has 1 N–H and O–H groups in total. The van der Waals surface area contributed by atoms with Crippen LogP contribution in [0.2, 0.25) is 0 Å². The van der Waals surface area contributed by atoms with Crippen LogP contribution in [0.4, 0.5) is 0 Å². The molecular formula is C31H30O7. The van der Waals surface area contributed by atoms with Gasteiger partial charge in [-0.05, 0) is 56.4 Å². The summed E-state index contributed by atoms with van der Waals surface area (Å²) in [6.45, 7) is 1.78. The van der Waals surface area contributed by atoms with Gasteiger partial charge in [0.2, 0.25) is 0 Å². The van der Waals surface area contributed by atoms with Crippen LogP contribution in [0.15, 0.2) is 59.0 Å². The SMILES string of the molecule is C[C@@H]1CCCC(=O)CCC/C=C/c2cc3c(c(O)c2C(=O)O1)[C@H](c1ccc(-c2ccccc2)o1)CC(=O)O3. The predicted octanol–water partition coefficient (Wildman–Crippen LogP) is 6.58. The summed E-state index contributed by atoms with van der Waals surface area (Å²) in [5.41, 5.74) is 1.62. The Morgan fingerprint density at radius 3 is 2.58 bits per heavy atom. The Morgan fingerprint density at radius 1 is 0.974 bits per heavy atom. The molecule has 0 fully saturated rings. The minimum absolute atomic E-state index is 0.0257. The number of furan rings is 1. The van der Waals surface area contributed by atoms with Crippen molar-refractivity contribution in [1.29, 1.82) is 0 Å². The Balaban J connectivity index is 1.57. The minimum Gasteiger partial charge on any atom is -0.507 e. The van der Waals surface area contributed by atoms with Gasteiger partial charge in [0.25, 0.3) is 0 Å². The van der Waals surface area contributed by atoms with E-state index in [9.17, 15) is 19.5 Å². The second-order valence-corrected chi connectivity index (χ2v) is 9.84. The maximum absolute atomic E-state index is 13.3. The normalized spacial score (nSPS) is 21.4. The van der Waals surface area contributed by atoms with E-state index in [0.29, 0.717) is 61.2 Å². The Bertz CT molecular complexity index is 1380. The Kier molecular flexibility index (Phi) is 7.45. The molecule has 0 unspecified atom stereocenters. The van der Waals surface area contributed by atoms with Crippen molar-refractivity contribution in [1.82, 2.24) is 0 Å². The first-order valence-electron chi connectivity index (χ1n) is 13.1. The summed E-state index contributed by atoms with van der Waals surface area (Å²) in [4.78, 5) is 38.0. The summed E-state index contributed by atoms with van der Waals surface area (Å²) in [6.07, 6.45) is 6.53. The van der Waals surface area contributed by atoms with E-state index in [1.807, 2.05) is 42.5 Å². The highest BCUT2D eigenvalue weighted by Crippen LogP contribution is 2.47. The molecule has 0 spiro atoms. The number of carbonyl (C=O) groups is 3. The standard InChI is InChI=1S/C31H30O7/c1-19-9-8-14-22(32)13-7-3-6-12-21-17-26-29(30(34)28(21)31(35)36-19)23(18-27(33)38-26)25-16-15-24(37-25)20-10-4-2-5-11-20/h2,4-6,10-12,15-17,19,23,34H,3,7-9,13-14,18H2,1H3/b12-6+/t19-,23+/m1/s1. The lowest BCUT2D eigenvalue weighted by Gasteiger charge is -2.26. The fourth-order valence-corrected chi connectivity index (χ4v) is 5.06. The third kappa shape index (κ3) is 5.42. The van der Waals surface area contributed by atoms with Crippen LogP contribution in [0.25, 0.3) is 17.4 Å². The second-order valence-electron chi connectivity index (χ2n) is 9.84. The number of ether oxygens (including phenoxy) is 2. The summed E-state index contributed by atoms with van der Waals surface area (Å²) in [5, 5.41) is 11.5. The van der Waals surface area contributed by atoms with Gasteiger partial charge in [-0.1, -0.05) is 42.5 Å². The van der Waals surface area contributed by atoms with Gasteiger partial charge in [0.1, 0.15) is 34.4 Å². The molecule has 0 radical (unpaired) electrons. The zero-order valence-corrected chi connectivity index (χ0v) is 21.3. The number of phenolic OH excluding ortho intramolecular Hbond substituents is 1. The number of fused-ring (bicyclic) bond motifs is 2. The highest BCUT2D eigenvalue weighted by atomic mass is 16.5. The molecule has 5 rings (SSSR count). The van der Waals surface area contributed by atoms with Crippen molar-refractivity contribution < 1.29 is 33.4 Å². The van der Waals surface area contributed by atoms with E-state index < -0.39 is 24.0 Å². The van der Waals surface area contributed by atoms with Crippen LogP contribution in [-0.2, 0) is 14.3 Å². The summed E-state index contributed by atoms with van der Waals surface area (Å²) in [5.74, 6) is -0.540. The molecule has 3 heterocycles. The summed E-state index contributed by atoms with van der Waals surface area (Å²) in [6, 6.07) is 14.8. The molecule has 0 saturated carbocycles. The van der Waals surface area contributed by atoms with Gasteiger partial charge in [-0.3, -0.25) is 9.59 Å². The van der Waals surface area contributed by atoms with E-state index in [4.69, 9.17) is 13.9 Å². The zero-order valence-electron chi connectivity index (χ0n) is 21.3. The van der Waals surface area contributed by atoms with Crippen molar-refractivity contribution in [3.63, 3.8) is 0 Å². The number of hydrogen-bond acceptors (Lipinski definition) is 7. The molecule has 7 nitrogen and oxygen atoms in total. The molecule has 0 aliphatic carbocycles. The smallest absolute Gasteiger partial charge is 0.342 e. The highest BCUT2D eigenvalue weighted by molar-refractivity contribution is 5.98. The lowest BCUT2D eigenvalue weighted by atomic mass is 9.86. The first-order chi connectivity index (χ1) is 18.4. The van der Waals surface area contributed by atoms with Gasteiger partial charge >= 0.3 is 11.9 Å². The lowest BCUT2D eigenvalue weighted by Crippen LogP contribution is -2.23. The number of benzene rings is 2. The Morgan fingerprint density at radius 2 is 1.76 bits per heavy atom. The van der Waals surface area contributed by atoms with Gasteiger partial charge in [-0.15, -0.1) is 0 Å². The number of rotatable bonds is 2. The Hall–Kier alpha value is -4.13. The van der Waals surface area contributed by atoms with Crippen LogP contribution in [0.5, 0.6) is 11.5 Å². The maximum Gasteiger partial charge on any atom is 0.342 e. The van der Waals surface area contributed by atoms with Gasteiger partial charge in [-0.25, -0.2) is 4.79 Å². The minimum atomic E-state index is -0.666. The van der Waals surface area contributed by atoms with E-state index in [2.05, 4.69) is 0 Å². The number of cyclic esters (lactones) is 1. The Labute approximate surface area is 221 Å². The lowest BCUT2D eigenvalue weighted by molar-refractivity contribution is -0.135. The molecule has 3 aromatic rings. The largest absolute Gasteiger partial charge is 0.507 e. The van der Waals surface area contributed by atoms with Crippen molar-refractivity contribution in [2.45, 2.75) is 63.9 Å². The van der Waals surface area contributed by atoms with E-state index in [0.717, 1.165) is 5.56 Å². The van der Waals surface area contributed by atoms with E-state index in [-0.39, 0.29) is 29.3 Å². The van der Waals surface area contributed by atoms with E-state index >= 15 is 0 Å². The number of carbonyl (C=O) groups excluding carboxylic acids is 3. The molecule has 7 heteroatoms. The molecular weight excluding hydrogens is 484 g/mol. The zero-order chi connectivity index (χ0) is 26.6. The van der Waals surface area contributed by atoms with Crippen molar-refractivity contribution in [3.05, 3.63) is 77.1 Å². The average molecular weight is 515 g/mol. The highest BCUT2D eigenvalue weighted by Gasteiger charge is 2.37. The fraction of sp³-hybridized carbons (Fsp3) is 0.323.